The Morgan fingerprint density at radius 2 is 2.14 bits per heavy atom. The highest BCUT2D eigenvalue weighted by atomic mass is 16.4. The fraction of sp³-hybridized carbons (Fsp3) is 0. The summed E-state index contributed by atoms with van der Waals surface area (Å²) >= 11 is 0. The van der Waals surface area contributed by atoms with E-state index in [1.807, 2.05) is 0 Å². The average Bonchev–Trinajstić information content (AvgIpc) is 2.14. The van der Waals surface area contributed by atoms with Gasteiger partial charge < -0.3 is 14.3 Å². The van der Waals surface area contributed by atoms with E-state index in [9.17, 15) is 19.5 Å². The molecule has 0 fully saturated rings. The molecule has 0 saturated heterocycles. The summed E-state index contributed by atoms with van der Waals surface area (Å²) < 4.78 is 4.32. The number of hydrogen-bond acceptors (Lipinski definition) is 5. The van der Waals surface area contributed by atoms with Crippen LogP contribution in [0.1, 0.15) is 16.1 Å². The molecule has 0 N–H and O–H groups in total. The first-order valence-corrected chi connectivity index (χ1v) is 3.62. The summed E-state index contributed by atoms with van der Waals surface area (Å²) in [6.45, 7) is 0. The Morgan fingerprint density at radius 1 is 1.43 bits per heavy atom. The molecule has 0 aliphatic heterocycles. The normalized spacial score (nSPS) is 10.3. The fourth-order valence-corrected chi connectivity index (χ4v) is 0.844. The summed E-state index contributed by atoms with van der Waals surface area (Å²) in [6, 6.07) is 2.16. The lowest BCUT2D eigenvalue weighted by molar-refractivity contribution is -0.257. The SMILES string of the molecule is O=C/C=C/c1cc(C(=O)[O-])oc(=O)c1. The molecule has 0 aliphatic carbocycles. The second-order valence-electron chi connectivity index (χ2n) is 2.36. The number of carboxylic acid groups (broad SMARTS) is 1. The zero-order chi connectivity index (χ0) is 10.6. The van der Waals surface area contributed by atoms with E-state index < -0.39 is 17.4 Å². The molecule has 0 saturated carbocycles. The summed E-state index contributed by atoms with van der Waals surface area (Å²) in [5, 5.41) is 10.3. The number of rotatable bonds is 3. The summed E-state index contributed by atoms with van der Waals surface area (Å²) in [6.07, 6.45) is 2.93. The van der Waals surface area contributed by atoms with Crippen molar-refractivity contribution in [2.24, 2.45) is 0 Å². The van der Waals surface area contributed by atoms with Crippen LogP contribution >= 0.6 is 0 Å². The predicted octanol–water partition coefficient (Wildman–Crippen LogP) is -0.785. The van der Waals surface area contributed by atoms with Crippen LogP contribution in [-0.2, 0) is 4.79 Å². The summed E-state index contributed by atoms with van der Waals surface area (Å²) in [7, 11) is 0. The van der Waals surface area contributed by atoms with Gasteiger partial charge >= 0.3 is 5.63 Å². The maximum absolute atomic E-state index is 10.8. The maximum Gasteiger partial charge on any atom is 0.336 e. The lowest BCUT2D eigenvalue weighted by atomic mass is 10.2. The van der Waals surface area contributed by atoms with Gasteiger partial charge in [0.15, 0.2) is 5.76 Å². The predicted molar refractivity (Wildman–Crippen MR) is 44.4 cm³/mol. The number of carbonyl (C=O) groups is 2. The number of aromatic carboxylic acids is 1. The minimum atomic E-state index is -1.58. The second-order valence-corrected chi connectivity index (χ2v) is 2.36. The van der Waals surface area contributed by atoms with Crippen molar-refractivity contribution < 1.29 is 19.1 Å². The van der Waals surface area contributed by atoms with Crippen LogP contribution < -0.4 is 10.7 Å². The number of carbonyl (C=O) groups excluding carboxylic acids is 2. The molecule has 0 amide bonds. The van der Waals surface area contributed by atoms with Crippen LogP contribution in [0.25, 0.3) is 6.08 Å². The number of aldehydes is 1. The smallest absolute Gasteiger partial charge is 0.336 e. The van der Waals surface area contributed by atoms with Gasteiger partial charge in [0.2, 0.25) is 0 Å². The van der Waals surface area contributed by atoms with Gasteiger partial charge in [-0.1, -0.05) is 6.08 Å². The Bertz CT molecular complexity index is 441. The fourth-order valence-electron chi connectivity index (χ4n) is 0.844. The molecule has 5 heteroatoms. The van der Waals surface area contributed by atoms with Gasteiger partial charge in [0, 0.05) is 6.07 Å². The second kappa shape index (κ2) is 4.18. The van der Waals surface area contributed by atoms with E-state index in [0.29, 0.717) is 6.29 Å². The molecule has 1 aromatic heterocycles. The van der Waals surface area contributed by atoms with Gasteiger partial charge in [-0.2, -0.15) is 0 Å². The van der Waals surface area contributed by atoms with Crippen LogP contribution in [0.15, 0.2) is 27.4 Å². The van der Waals surface area contributed by atoms with Crippen molar-refractivity contribution in [1.82, 2.24) is 0 Å². The Balaban J connectivity index is 3.20. The van der Waals surface area contributed by atoms with Crippen molar-refractivity contribution in [3.63, 3.8) is 0 Å². The first-order valence-electron chi connectivity index (χ1n) is 3.62. The monoisotopic (exact) mass is 193 g/mol. The molecule has 1 heterocycles. The molecule has 0 atom stereocenters. The Kier molecular flexibility index (Phi) is 2.96. The molecule has 0 bridgehead atoms. The molecule has 1 aromatic rings. The van der Waals surface area contributed by atoms with Gasteiger partial charge in [-0.15, -0.1) is 0 Å². The third-order valence-corrected chi connectivity index (χ3v) is 1.36. The van der Waals surface area contributed by atoms with Crippen LogP contribution in [-0.4, -0.2) is 12.3 Å². The highest BCUT2D eigenvalue weighted by Crippen LogP contribution is 2.02. The number of carboxylic acids is 1. The van der Waals surface area contributed by atoms with Gasteiger partial charge in [0.25, 0.3) is 0 Å². The zero-order valence-electron chi connectivity index (χ0n) is 6.93. The number of hydrogen-bond donors (Lipinski definition) is 0. The maximum atomic E-state index is 10.8. The molecule has 0 aromatic carbocycles. The molecular weight excluding hydrogens is 188 g/mol. The molecule has 1 rings (SSSR count). The lowest BCUT2D eigenvalue weighted by Crippen LogP contribution is -2.23. The molecule has 14 heavy (non-hydrogen) atoms. The minimum Gasteiger partial charge on any atom is -0.542 e. The van der Waals surface area contributed by atoms with Gasteiger partial charge in [0.1, 0.15) is 12.3 Å². The highest BCUT2D eigenvalue weighted by molar-refractivity contribution is 5.83. The van der Waals surface area contributed by atoms with Crippen LogP contribution in [0.3, 0.4) is 0 Å². The van der Waals surface area contributed by atoms with Crippen molar-refractivity contribution in [3.05, 3.63) is 40.0 Å². The molecular formula is C9H5O5-. The van der Waals surface area contributed by atoms with E-state index in [1.54, 1.807) is 0 Å². The van der Waals surface area contributed by atoms with Crippen molar-refractivity contribution in [2.75, 3.05) is 0 Å². The third kappa shape index (κ3) is 2.41. The molecule has 0 aliphatic rings. The van der Waals surface area contributed by atoms with E-state index in [4.69, 9.17) is 0 Å². The van der Waals surface area contributed by atoms with E-state index in [-0.39, 0.29) is 5.56 Å². The van der Waals surface area contributed by atoms with Crippen molar-refractivity contribution >= 4 is 18.3 Å². The molecule has 72 valence electrons. The van der Waals surface area contributed by atoms with E-state index in [1.165, 1.54) is 6.08 Å². The average molecular weight is 193 g/mol. The zero-order valence-corrected chi connectivity index (χ0v) is 6.93. The van der Waals surface area contributed by atoms with Gasteiger partial charge in [0.05, 0.1) is 0 Å². The highest BCUT2D eigenvalue weighted by Gasteiger charge is 1.99. The molecule has 0 spiro atoms. The van der Waals surface area contributed by atoms with Crippen molar-refractivity contribution in [1.29, 1.82) is 0 Å². The van der Waals surface area contributed by atoms with Crippen LogP contribution in [0.2, 0.25) is 0 Å². The Labute approximate surface area is 78.3 Å². The van der Waals surface area contributed by atoms with Crippen molar-refractivity contribution in [3.8, 4) is 0 Å². The van der Waals surface area contributed by atoms with Crippen molar-refractivity contribution in [2.45, 2.75) is 0 Å². The number of allylic oxidation sites excluding steroid dienone is 1. The standard InChI is InChI=1S/C9H6O5/c10-3-1-2-6-4-7(9(12)13)14-8(11)5-6/h1-5H,(H,12,13)/p-1/b2-1+. The Morgan fingerprint density at radius 3 is 2.71 bits per heavy atom. The van der Waals surface area contributed by atoms with E-state index in [2.05, 4.69) is 4.42 Å². The van der Waals surface area contributed by atoms with Gasteiger partial charge in [-0.05, 0) is 17.7 Å². The Hall–Kier alpha value is -2.17. The molecule has 0 unspecified atom stereocenters. The van der Waals surface area contributed by atoms with Gasteiger partial charge in [-0.3, -0.25) is 4.79 Å². The summed E-state index contributed by atoms with van der Waals surface area (Å²) in [4.78, 5) is 31.1. The summed E-state index contributed by atoms with van der Waals surface area (Å²) in [5.41, 5.74) is -0.537. The van der Waals surface area contributed by atoms with Crippen LogP contribution in [0.4, 0.5) is 0 Å². The molecule has 0 radical (unpaired) electrons. The van der Waals surface area contributed by atoms with Crippen LogP contribution in [0, 0.1) is 0 Å². The largest absolute Gasteiger partial charge is 0.542 e. The quantitative estimate of drug-likeness (QED) is 0.464. The molecule has 5 nitrogen and oxygen atoms in total. The summed E-state index contributed by atoms with van der Waals surface area (Å²) in [5.74, 6) is -2.15. The van der Waals surface area contributed by atoms with Gasteiger partial charge in [-0.25, -0.2) is 4.79 Å². The third-order valence-electron chi connectivity index (χ3n) is 1.36. The van der Waals surface area contributed by atoms with E-state index in [0.717, 1.165) is 18.2 Å². The lowest BCUT2D eigenvalue weighted by Gasteiger charge is -2.00. The first-order chi connectivity index (χ1) is 6.63. The topological polar surface area (TPSA) is 87.4 Å². The van der Waals surface area contributed by atoms with E-state index >= 15 is 0 Å². The minimum absolute atomic E-state index is 0.271. The first kappa shape index (κ1) is 9.91. The van der Waals surface area contributed by atoms with Crippen LogP contribution in [0.5, 0.6) is 0 Å².